The van der Waals surface area contributed by atoms with E-state index in [4.69, 9.17) is 11.6 Å². The summed E-state index contributed by atoms with van der Waals surface area (Å²) in [6.45, 7) is 5.05. The molecule has 1 aliphatic carbocycles. The molecule has 1 saturated heterocycles. The average Bonchev–Trinajstić information content (AvgIpc) is 3.26. The van der Waals surface area contributed by atoms with Crippen molar-refractivity contribution in [1.82, 2.24) is 9.80 Å². The molecule has 2 aliphatic rings. The van der Waals surface area contributed by atoms with E-state index in [9.17, 15) is 10.1 Å². The highest BCUT2D eigenvalue weighted by molar-refractivity contribution is 6.32. The van der Waals surface area contributed by atoms with E-state index in [1.54, 1.807) is 12.1 Å². The van der Waals surface area contributed by atoms with Crippen LogP contribution in [0.4, 0.5) is 5.69 Å². The van der Waals surface area contributed by atoms with Gasteiger partial charge in [0.25, 0.3) is 5.69 Å². The third-order valence-corrected chi connectivity index (χ3v) is 4.40. The van der Waals surface area contributed by atoms with Crippen LogP contribution < -0.4 is 0 Å². The molecule has 1 aromatic carbocycles. The van der Waals surface area contributed by atoms with Crippen molar-refractivity contribution in [1.29, 1.82) is 0 Å². The number of rotatable bonds is 4. The lowest BCUT2D eigenvalue weighted by Gasteiger charge is -2.34. The second-order valence-corrected chi connectivity index (χ2v) is 5.99. The number of hydrogen-bond donors (Lipinski definition) is 0. The van der Waals surface area contributed by atoms with Crippen LogP contribution in [-0.2, 0) is 6.54 Å². The smallest absolute Gasteiger partial charge is 0.288 e. The second kappa shape index (κ2) is 5.68. The van der Waals surface area contributed by atoms with Crippen molar-refractivity contribution in [2.75, 3.05) is 26.2 Å². The molecule has 5 nitrogen and oxygen atoms in total. The predicted octanol–water partition coefficient (Wildman–Crippen LogP) is 2.53. The standard InChI is InChI=1S/C14H18ClN3O2/c15-13-4-1-11(9-14(13)18(19)20)10-16-5-7-17(8-6-16)12-2-3-12/h1,4,9,12H,2-3,5-8,10H2. The van der Waals surface area contributed by atoms with E-state index in [1.807, 2.05) is 6.07 Å². The Labute approximate surface area is 123 Å². The summed E-state index contributed by atoms with van der Waals surface area (Å²) in [5.41, 5.74) is 0.960. The monoisotopic (exact) mass is 295 g/mol. The molecule has 20 heavy (non-hydrogen) atoms. The lowest BCUT2D eigenvalue weighted by Crippen LogP contribution is -2.46. The molecule has 0 bridgehead atoms. The molecule has 0 unspecified atom stereocenters. The van der Waals surface area contributed by atoms with Crippen LogP contribution in [0.3, 0.4) is 0 Å². The molecular formula is C14H18ClN3O2. The largest absolute Gasteiger partial charge is 0.298 e. The summed E-state index contributed by atoms with van der Waals surface area (Å²) in [5, 5.41) is 11.1. The quantitative estimate of drug-likeness (QED) is 0.633. The van der Waals surface area contributed by atoms with Crippen molar-refractivity contribution >= 4 is 17.3 Å². The van der Waals surface area contributed by atoms with Gasteiger partial charge in [0, 0.05) is 44.8 Å². The molecule has 6 heteroatoms. The highest BCUT2D eigenvalue weighted by Crippen LogP contribution is 2.28. The second-order valence-electron chi connectivity index (χ2n) is 5.59. The van der Waals surface area contributed by atoms with Gasteiger partial charge in [-0.1, -0.05) is 17.7 Å². The summed E-state index contributed by atoms with van der Waals surface area (Å²) in [7, 11) is 0. The van der Waals surface area contributed by atoms with E-state index in [1.165, 1.54) is 12.8 Å². The van der Waals surface area contributed by atoms with Gasteiger partial charge < -0.3 is 0 Å². The van der Waals surface area contributed by atoms with E-state index in [2.05, 4.69) is 9.80 Å². The summed E-state index contributed by atoms with van der Waals surface area (Å²) < 4.78 is 0. The van der Waals surface area contributed by atoms with Crippen LogP contribution in [0, 0.1) is 10.1 Å². The molecule has 1 heterocycles. The minimum absolute atomic E-state index is 0.000725. The average molecular weight is 296 g/mol. The maximum atomic E-state index is 10.9. The van der Waals surface area contributed by atoms with Crippen LogP contribution in [0.15, 0.2) is 18.2 Å². The molecule has 3 rings (SSSR count). The molecule has 0 spiro atoms. The van der Waals surface area contributed by atoms with Gasteiger partial charge in [0.1, 0.15) is 5.02 Å². The Balaban J connectivity index is 1.60. The fraction of sp³-hybridized carbons (Fsp3) is 0.571. The number of nitro benzene ring substituents is 1. The Hall–Kier alpha value is -1.17. The zero-order chi connectivity index (χ0) is 14.1. The summed E-state index contributed by atoms with van der Waals surface area (Å²) in [6.07, 6.45) is 2.70. The van der Waals surface area contributed by atoms with Crippen LogP contribution in [-0.4, -0.2) is 46.9 Å². The van der Waals surface area contributed by atoms with Crippen molar-refractivity contribution in [2.45, 2.75) is 25.4 Å². The lowest BCUT2D eigenvalue weighted by molar-refractivity contribution is -0.384. The molecule has 108 valence electrons. The van der Waals surface area contributed by atoms with E-state index < -0.39 is 4.92 Å². The topological polar surface area (TPSA) is 49.6 Å². The first-order chi connectivity index (χ1) is 9.63. The molecule has 2 fully saturated rings. The first kappa shape index (κ1) is 13.8. The molecule has 1 saturated carbocycles. The minimum atomic E-state index is -0.420. The van der Waals surface area contributed by atoms with Crippen LogP contribution in [0.1, 0.15) is 18.4 Å². The van der Waals surface area contributed by atoms with E-state index >= 15 is 0 Å². The first-order valence-corrected chi connectivity index (χ1v) is 7.40. The van der Waals surface area contributed by atoms with Gasteiger partial charge in [-0.2, -0.15) is 0 Å². The van der Waals surface area contributed by atoms with Gasteiger partial charge >= 0.3 is 0 Å². The summed E-state index contributed by atoms with van der Waals surface area (Å²) in [6, 6.07) is 5.92. The van der Waals surface area contributed by atoms with Gasteiger partial charge in [-0.05, 0) is 24.5 Å². The Morgan fingerprint density at radius 1 is 1.25 bits per heavy atom. The predicted molar refractivity (Wildman–Crippen MR) is 78.0 cm³/mol. The fourth-order valence-electron chi connectivity index (χ4n) is 2.78. The van der Waals surface area contributed by atoms with Crippen molar-refractivity contribution in [3.63, 3.8) is 0 Å². The summed E-state index contributed by atoms with van der Waals surface area (Å²) in [5.74, 6) is 0. The van der Waals surface area contributed by atoms with Crippen molar-refractivity contribution in [3.8, 4) is 0 Å². The van der Waals surface area contributed by atoms with Gasteiger partial charge in [-0.25, -0.2) is 0 Å². The minimum Gasteiger partial charge on any atom is -0.298 e. The molecule has 1 aromatic rings. The summed E-state index contributed by atoms with van der Waals surface area (Å²) >= 11 is 5.83. The Morgan fingerprint density at radius 2 is 1.95 bits per heavy atom. The van der Waals surface area contributed by atoms with E-state index in [0.29, 0.717) is 0 Å². The Bertz CT molecular complexity index is 511. The van der Waals surface area contributed by atoms with Gasteiger partial charge in [-0.3, -0.25) is 19.9 Å². The maximum absolute atomic E-state index is 10.9. The SMILES string of the molecule is O=[N+]([O-])c1cc(CN2CCN(C3CC3)CC2)ccc1Cl. The fourth-order valence-corrected chi connectivity index (χ4v) is 2.97. The van der Waals surface area contributed by atoms with Crippen molar-refractivity contribution in [2.24, 2.45) is 0 Å². The van der Waals surface area contributed by atoms with Crippen LogP contribution in [0.25, 0.3) is 0 Å². The molecule has 0 amide bonds. The number of halogens is 1. The normalized spacial score (nSPS) is 21.1. The number of nitrogens with zero attached hydrogens (tertiary/aromatic N) is 3. The van der Waals surface area contributed by atoms with Gasteiger partial charge in [0.15, 0.2) is 0 Å². The Morgan fingerprint density at radius 3 is 2.55 bits per heavy atom. The van der Waals surface area contributed by atoms with E-state index in [0.717, 1.165) is 44.3 Å². The third-order valence-electron chi connectivity index (χ3n) is 4.08. The number of benzene rings is 1. The zero-order valence-corrected chi connectivity index (χ0v) is 12.1. The van der Waals surface area contributed by atoms with Gasteiger partial charge in [0.2, 0.25) is 0 Å². The van der Waals surface area contributed by atoms with Crippen molar-refractivity contribution < 1.29 is 4.92 Å². The highest BCUT2D eigenvalue weighted by atomic mass is 35.5. The number of piperazine rings is 1. The van der Waals surface area contributed by atoms with Crippen LogP contribution in [0.5, 0.6) is 0 Å². The Kier molecular flexibility index (Phi) is 3.92. The molecule has 0 N–H and O–H groups in total. The van der Waals surface area contributed by atoms with Crippen LogP contribution in [0.2, 0.25) is 5.02 Å². The highest BCUT2D eigenvalue weighted by Gasteiger charge is 2.31. The molecule has 0 atom stereocenters. The number of hydrogen-bond acceptors (Lipinski definition) is 4. The van der Waals surface area contributed by atoms with E-state index in [-0.39, 0.29) is 10.7 Å². The third kappa shape index (κ3) is 3.11. The zero-order valence-electron chi connectivity index (χ0n) is 11.3. The van der Waals surface area contributed by atoms with Gasteiger partial charge in [0.05, 0.1) is 4.92 Å². The summed E-state index contributed by atoms with van der Waals surface area (Å²) in [4.78, 5) is 15.4. The molecule has 0 aromatic heterocycles. The van der Waals surface area contributed by atoms with Crippen LogP contribution >= 0.6 is 11.6 Å². The number of nitro groups is 1. The maximum Gasteiger partial charge on any atom is 0.288 e. The molecule has 0 radical (unpaired) electrons. The first-order valence-electron chi connectivity index (χ1n) is 7.03. The van der Waals surface area contributed by atoms with Gasteiger partial charge in [-0.15, -0.1) is 0 Å². The lowest BCUT2D eigenvalue weighted by atomic mass is 10.1. The van der Waals surface area contributed by atoms with Crippen molar-refractivity contribution in [3.05, 3.63) is 38.9 Å². The molecule has 1 aliphatic heterocycles. The molecular weight excluding hydrogens is 278 g/mol.